The van der Waals surface area contributed by atoms with E-state index in [1.54, 1.807) is 5.56 Å². The van der Waals surface area contributed by atoms with Crippen LogP contribution in [-0.4, -0.2) is 12.1 Å². The van der Waals surface area contributed by atoms with Crippen LogP contribution in [0.2, 0.25) is 0 Å². The van der Waals surface area contributed by atoms with Gasteiger partial charge < -0.3 is 5.32 Å². The van der Waals surface area contributed by atoms with E-state index in [2.05, 4.69) is 37.4 Å². The molecule has 1 nitrogen and oxygen atoms in total. The number of rotatable bonds is 1. The Bertz CT molecular complexity index is 384. The summed E-state index contributed by atoms with van der Waals surface area (Å²) in [6, 6.07) is 8.39. The van der Waals surface area contributed by atoms with Crippen LogP contribution in [0.25, 0.3) is 0 Å². The Morgan fingerprint density at radius 1 is 1.06 bits per heavy atom. The lowest BCUT2D eigenvalue weighted by molar-refractivity contribution is 0.362. The average Bonchev–Trinajstić information content (AvgIpc) is 2.62. The van der Waals surface area contributed by atoms with Crippen LogP contribution in [0, 0.1) is 13.8 Å². The number of piperidine rings is 1. The average molecular weight is 215 g/mol. The normalized spacial score (nSPS) is 33.0. The molecule has 0 aromatic heterocycles. The molecule has 1 N–H and O–H groups in total. The number of hydrogen-bond acceptors (Lipinski definition) is 1. The van der Waals surface area contributed by atoms with E-state index in [4.69, 9.17) is 0 Å². The van der Waals surface area contributed by atoms with E-state index in [9.17, 15) is 0 Å². The molecule has 2 atom stereocenters. The van der Waals surface area contributed by atoms with Crippen molar-refractivity contribution in [2.75, 3.05) is 0 Å². The van der Waals surface area contributed by atoms with Crippen molar-refractivity contribution in [3.05, 3.63) is 34.9 Å². The first-order valence-electron chi connectivity index (χ1n) is 6.56. The van der Waals surface area contributed by atoms with Gasteiger partial charge in [-0.3, -0.25) is 0 Å². The van der Waals surface area contributed by atoms with Gasteiger partial charge in [0.2, 0.25) is 0 Å². The fourth-order valence-corrected chi connectivity index (χ4v) is 3.53. The van der Waals surface area contributed by atoms with Crippen molar-refractivity contribution in [2.45, 2.75) is 57.5 Å². The van der Waals surface area contributed by atoms with Gasteiger partial charge >= 0.3 is 0 Å². The van der Waals surface area contributed by atoms with E-state index < -0.39 is 0 Å². The first-order valence-corrected chi connectivity index (χ1v) is 6.56. The molecule has 16 heavy (non-hydrogen) atoms. The molecule has 2 heterocycles. The molecule has 0 saturated carbocycles. The molecule has 0 amide bonds. The number of benzene rings is 1. The molecule has 3 rings (SSSR count). The summed E-state index contributed by atoms with van der Waals surface area (Å²) in [5.41, 5.74) is 4.58. The zero-order chi connectivity index (χ0) is 11.1. The smallest absolute Gasteiger partial charge is 0.00760 e. The minimum Gasteiger partial charge on any atom is -0.311 e. The van der Waals surface area contributed by atoms with Crippen molar-refractivity contribution in [3.8, 4) is 0 Å². The Balaban J connectivity index is 1.89. The first kappa shape index (κ1) is 10.3. The van der Waals surface area contributed by atoms with E-state index in [1.807, 2.05) is 0 Å². The van der Waals surface area contributed by atoms with Gasteiger partial charge in [0.25, 0.3) is 0 Å². The number of hydrogen-bond donors (Lipinski definition) is 1. The van der Waals surface area contributed by atoms with Gasteiger partial charge in [0.1, 0.15) is 0 Å². The molecule has 2 aliphatic rings. The fourth-order valence-electron chi connectivity index (χ4n) is 3.53. The van der Waals surface area contributed by atoms with Crippen LogP contribution in [0.5, 0.6) is 0 Å². The summed E-state index contributed by atoms with van der Waals surface area (Å²) in [4.78, 5) is 0. The van der Waals surface area contributed by atoms with Gasteiger partial charge in [-0.1, -0.05) is 18.2 Å². The standard InChI is InChI=1S/C15H21N/c1-10-4-3-5-15(11(10)2)12-8-13-6-7-14(9-12)16-13/h3-5,12-14,16H,6-9H2,1-2H3. The minimum atomic E-state index is 0.795. The van der Waals surface area contributed by atoms with Crippen LogP contribution < -0.4 is 5.32 Å². The number of nitrogens with one attached hydrogen (secondary N) is 1. The quantitative estimate of drug-likeness (QED) is 0.758. The molecule has 2 fully saturated rings. The summed E-state index contributed by atoms with van der Waals surface area (Å²) in [6.45, 7) is 4.52. The zero-order valence-corrected chi connectivity index (χ0v) is 10.3. The molecule has 0 spiro atoms. The second kappa shape index (κ2) is 3.89. The van der Waals surface area contributed by atoms with Gasteiger partial charge in [-0.25, -0.2) is 0 Å². The highest BCUT2D eigenvalue weighted by molar-refractivity contribution is 5.36. The third-order valence-electron chi connectivity index (χ3n) is 4.56. The molecule has 0 aliphatic carbocycles. The number of aryl methyl sites for hydroxylation is 1. The Labute approximate surface area is 98.3 Å². The van der Waals surface area contributed by atoms with E-state index in [0.29, 0.717) is 0 Å². The summed E-state index contributed by atoms with van der Waals surface area (Å²) in [5, 5.41) is 3.72. The molecule has 1 aromatic rings. The van der Waals surface area contributed by atoms with Crippen LogP contribution in [0.4, 0.5) is 0 Å². The van der Waals surface area contributed by atoms with E-state index >= 15 is 0 Å². The largest absolute Gasteiger partial charge is 0.311 e. The van der Waals surface area contributed by atoms with Crippen molar-refractivity contribution in [1.82, 2.24) is 5.32 Å². The van der Waals surface area contributed by atoms with Crippen molar-refractivity contribution in [3.63, 3.8) is 0 Å². The van der Waals surface area contributed by atoms with Crippen LogP contribution in [0.15, 0.2) is 18.2 Å². The Kier molecular flexibility index (Phi) is 2.51. The van der Waals surface area contributed by atoms with Crippen LogP contribution in [-0.2, 0) is 0 Å². The lowest BCUT2D eigenvalue weighted by atomic mass is 9.83. The predicted octanol–water partition coefficient (Wildman–Crippen LogP) is 3.30. The maximum Gasteiger partial charge on any atom is 0.00760 e. The molecular formula is C15H21N. The summed E-state index contributed by atoms with van der Waals surface area (Å²) in [7, 11) is 0. The molecule has 2 aliphatic heterocycles. The van der Waals surface area contributed by atoms with Crippen LogP contribution in [0.1, 0.15) is 48.3 Å². The molecule has 0 radical (unpaired) electrons. The van der Waals surface area contributed by atoms with Gasteiger partial charge in [0.15, 0.2) is 0 Å². The third-order valence-corrected chi connectivity index (χ3v) is 4.56. The maximum atomic E-state index is 3.72. The molecule has 2 saturated heterocycles. The van der Waals surface area contributed by atoms with Crippen molar-refractivity contribution >= 4 is 0 Å². The van der Waals surface area contributed by atoms with Crippen LogP contribution >= 0.6 is 0 Å². The van der Waals surface area contributed by atoms with Crippen LogP contribution in [0.3, 0.4) is 0 Å². The molecule has 1 heteroatoms. The summed E-state index contributed by atoms with van der Waals surface area (Å²) >= 11 is 0. The van der Waals surface area contributed by atoms with Crippen molar-refractivity contribution < 1.29 is 0 Å². The molecule has 2 unspecified atom stereocenters. The zero-order valence-electron chi connectivity index (χ0n) is 10.3. The van der Waals surface area contributed by atoms with Gasteiger partial charge in [-0.15, -0.1) is 0 Å². The van der Waals surface area contributed by atoms with Crippen molar-refractivity contribution in [2.24, 2.45) is 0 Å². The lowest BCUT2D eigenvalue weighted by Crippen LogP contribution is -2.37. The SMILES string of the molecule is Cc1cccc(C2CC3CCC(C2)N3)c1C. The first-order chi connectivity index (χ1) is 7.74. The van der Waals surface area contributed by atoms with E-state index in [-0.39, 0.29) is 0 Å². The predicted molar refractivity (Wildman–Crippen MR) is 67.8 cm³/mol. The summed E-state index contributed by atoms with van der Waals surface area (Å²) in [6.07, 6.45) is 5.49. The second-order valence-electron chi connectivity index (χ2n) is 5.60. The Morgan fingerprint density at radius 2 is 1.75 bits per heavy atom. The van der Waals surface area contributed by atoms with E-state index in [0.717, 1.165) is 18.0 Å². The van der Waals surface area contributed by atoms with Gasteiger partial charge in [-0.2, -0.15) is 0 Å². The molecular weight excluding hydrogens is 194 g/mol. The molecule has 2 bridgehead atoms. The van der Waals surface area contributed by atoms with Gasteiger partial charge in [0.05, 0.1) is 0 Å². The van der Waals surface area contributed by atoms with Gasteiger partial charge in [-0.05, 0) is 62.1 Å². The molecule has 1 aromatic carbocycles. The molecule has 86 valence electrons. The minimum absolute atomic E-state index is 0.795. The van der Waals surface area contributed by atoms with Crippen molar-refractivity contribution in [1.29, 1.82) is 0 Å². The maximum absolute atomic E-state index is 3.72. The Hall–Kier alpha value is -0.820. The monoisotopic (exact) mass is 215 g/mol. The third kappa shape index (κ3) is 1.67. The fraction of sp³-hybridized carbons (Fsp3) is 0.600. The number of fused-ring (bicyclic) bond motifs is 2. The lowest BCUT2D eigenvalue weighted by Gasteiger charge is -2.30. The highest BCUT2D eigenvalue weighted by atomic mass is 15.0. The summed E-state index contributed by atoms with van der Waals surface area (Å²) in [5.74, 6) is 0.804. The summed E-state index contributed by atoms with van der Waals surface area (Å²) < 4.78 is 0. The highest BCUT2D eigenvalue weighted by Crippen LogP contribution is 2.38. The highest BCUT2D eigenvalue weighted by Gasteiger charge is 2.34. The topological polar surface area (TPSA) is 12.0 Å². The van der Waals surface area contributed by atoms with E-state index in [1.165, 1.54) is 36.8 Å². The van der Waals surface area contributed by atoms with Gasteiger partial charge in [0, 0.05) is 12.1 Å². The second-order valence-corrected chi connectivity index (χ2v) is 5.60. The Morgan fingerprint density at radius 3 is 2.44 bits per heavy atom.